The summed E-state index contributed by atoms with van der Waals surface area (Å²) >= 11 is 0.684. The molecule has 3 rings (SSSR count). The second kappa shape index (κ2) is 5.69. The standard InChI is InChI=1S/C17H9FO3S/c18-11-7-5-10(6-8-11)17(21)22-15-9-14(19)12-3-1-2-4-13(12)16(15)20/h1-9H. The third-order valence-electron chi connectivity index (χ3n) is 3.21. The molecule has 0 unspecified atom stereocenters. The van der Waals surface area contributed by atoms with Crippen LogP contribution in [-0.2, 0) is 0 Å². The number of ketones is 2. The summed E-state index contributed by atoms with van der Waals surface area (Å²) in [5, 5.41) is -0.410. The fourth-order valence-corrected chi connectivity index (χ4v) is 2.93. The highest BCUT2D eigenvalue weighted by Gasteiger charge is 2.27. The van der Waals surface area contributed by atoms with Crippen molar-refractivity contribution in [3.05, 3.63) is 82.0 Å². The predicted molar refractivity (Wildman–Crippen MR) is 81.5 cm³/mol. The van der Waals surface area contributed by atoms with Gasteiger partial charge in [0, 0.05) is 22.8 Å². The van der Waals surface area contributed by atoms with E-state index >= 15 is 0 Å². The summed E-state index contributed by atoms with van der Waals surface area (Å²) in [5.41, 5.74) is 0.905. The van der Waals surface area contributed by atoms with E-state index in [4.69, 9.17) is 0 Å². The predicted octanol–water partition coefficient (Wildman–Crippen LogP) is 3.66. The van der Waals surface area contributed by atoms with E-state index in [0.717, 1.165) is 0 Å². The Morgan fingerprint density at radius 1 is 0.909 bits per heavy atom. The Balaban J connectivity index is 1.87. The molecule has 0 atom stereocenters. The van der Waals surface area contributed by atoms with Crippen molar-refractivity contribution in [2.75, 3.05) is 0 Å². The first-order valence-electron chi connectivity index (χ1n) is 6.44. The van der Waals surface area contributed by atoms with Gasteiger partial charge in [0.05, 0.1) is 4.91 Å². The molecule has 0 saturated carbocycles. The highest BCUT2D eigenvalue weighted by Crippen LogP contribution is 2.30. The highest BCUT2D eigenvalue weighted by atomic mass is 32.2. The number of halogens is 1. The van der Waals surface area contributed by atoms with E-state index in [1.807, 2.05) is 0 Å². The largest absolute Gasteiger partial charge is 0.289 e. The van der Waals surface area contributed by atoms with Gasteiger partial charge in [0.1, 0.15) is 5.82 Å². The Morgan fingerprint density at radius 2 is 1.55 bits per heavy atom. The summed E-state index contributed by atoms with van der Waals surface area (Å²) in [7, 11) is 0. The number of fused-ring (bicyclic) bond motifs is 1. The van der Waals surface area contributed by atoms with Crippen LogP contribution >= 0.6 is 11.8 Å². The van der Waals surface area contributed by atoms with Crippen LogP contribution < -0.4 is 0 Å². The van der Waals surface area contributed by atoms with Crippen molar-refractivity contribution < 1.29 is 18.8 Å². The molecule has 22 heavy (non-hydrogen) atoms. The maximum absolute atomic E-state index is 12.9. The molecule has 0 saturated heterocycles. The first-order chi connectivity index (χ1) is 10.6. The molecular formula is C17H9FO3S. The van der Waals surface area contributed by atoms with Crippen molar-refractivity contribution in [1.82, 2.24) is 0 Å². The van der Waals surface area contributed by atoms with Crippen LogP contribution in [0.1, 0.15) is 31.1 Å². The Bertz CT molecular complexity index is 822. The lowest BCUT2D eigenvalue weighted by atomic mass is 9.95. The zero-order valence-corrected chi connectivity index (χ0v) is 12.0. The lowest BCUT2D eigenvalue weighted by Gasteiger charge is -2.13. The van der Waals surface area contributed by atoms with E-state index < -0.39 is 10.9 Å². The minimum absolute atomic E-state index is 0.0815. The number of thioether (sulfide) groups is 1. The maximum Gasteiger partial charge on any atom is 0.224 e. The number of hydrogen-bond acceptors (Lipinski definition) is 4. The van der Waals surface area contributed by atoms with Crippen LogP contribution in [0, 0.1) is 5.82 Å². The molecule has 1 aliphatic rings. The second-order valence-corrected chi connectivity index (χ2v) is 5.66. The van der Waals surface area contributed by atoms with Gasteiger partial charge in [-0.25, -0.2) is 4.39 Å². The summed E-state index contributed by atoms with van der Waals surface area (Å²) in [6.45, 7) is 0. The van der Waals surface area contributed by atoms with Crippen LogP contribution in [0.4, 0.5) is 4.39 Å². The van der Waals surface area contributed by atoms with Gasteiger partial charge in [-0.2, -0.15) is 0 Å². The number of rotatable bonds is 2. The maximum atomic E-state index is 12.9. The van der Waals surface area contributed by atoms with Crippen molar-refractivity contribution in [1.29, 1.82) is 0 Å². The molecule has 0 heterocycles. The molecule has 3 nitrogen and oxygen atoms in total. The van der Waals surface area contributed by atoms with Crippen LogP contribution in [0.5, 0.6) is 0 Å². The molecule has 0 aliphatic heterocycles. The molecule has 0 aromatic heterocycles. The molecular weight excluding hydrogens is 303 g/mol. The molecule has 0 fully saturated rings. The molecule has 5 heteroatoms. The molecule has 108 valence electrons. The van der Waals surface area contributed by atoms with E-state index in [1.54, 1.807) is 24.3 Å². The van der Waals surface area contributed by atoms with Gasteiger partial charge in [0.2, 0.25) is 10.9 Å². The van der Waals surface area contributed by atoms with Crippen molar-refractivity contribution >= 4 is 28.4 Å². The lowest BCUT2D eigenvalue weighted by Crippen LogP contribution is -2.16. The molecule has 0 spiro atoms. The second-order valence-electron chi connectivity index (χ2n) is 4.64. The van der Waals surface area contributed by atoms with Gasteiger partial charge in [-0.3, -0.25) is 14.4 Å². The number of carbonyl (C=O) groups excluding carboxylic acids is 3. The monoisotopic (exact) mass is 312 g/mol. The number of carbonyl (C=O) groups is 3. The SMILES string of the molecule is O=C(SC1=CC(=O)c2ccccc2C1=O)c1ccc(F)cc1. The first kappa shape index (κ1) is 14.4. The third kappa shape index (κ3) is 2.63. The fourth-order valence-electron chi connectivity index (χ4n) is 2.11. The van der Waals surface area contributed by atoms with E-state index in [-0.39, 0.29) is 22.0 Å². The number of benzene rings is 2. The Kier molecular flexibility index (Phi) is 3.73. The van der Waals surface area contributed by atoms with Gasteiger partial charge in [0.25, 0.3) is 0 Å². The molecule has 0 radical (unpaired) electrons. The Labute approximate surface area is 129 Å². The van der Waals surface area contributed by atoms with E-state index in [9.17, 15) is 18.8 Å². The van der Waals surface area contributed by atoms with Crippen molar-refractivity contribution in [2.24, 2.45) is 0 Å². The topological polar surface area (TPSA) is 51.2 Å². The van der Waals surface area contributed by atoms with E-state index in [2.05, 4.69) is 0 Å². The fraction of sp³-hybridized carbons (Fsp3) is 0. The lowest BCUT2D eigenvalue weighted by molar-refractivity contribution is 0.0990. The van der Waals surface area contributed by atoms with Crippen molar-refractivity contribution in [3.63, 3.8) is 0 Å². The van der Waals surface area contributed by atoms with Gasteiger partial charge in [0.15, 0.2) is 5.78 Å². The minimum atomic E-state index is -0.446. The van der Waals surface area contributed by atoms with Gasteiger partial charge in [-0.15, -0.1) is 0 Å². The summed E-state index contributed by atoms with van der Waals surface area (Å²) < 4.78 is 12.9. The van der Waals surface area contributed by atoms with Crippen LogP contribution in [0.3, 0.4) is 0 Å². The summed E-state index contributed by atoms with van der Waals surface area (Å²) in [6.07, 6.45) is 1.18. The molecule has 0 amide bonds. The minimum Gasteiger partial charge on any atom is -0.289 e. The van der Waals surface area contributed by atoms with Gasteiger partial charge in [-0.05, 0) is 36.0 Å². The molecule has 0 bridgehead atoms. The van der Waals surface area contributed by atoms with Crippen LogP contribution in [0.25, 0.3) is 0 Å². The van der Waals surface area contributed by atoms with Crippen LogP contribution in [-0.4, -0.2) is 16.7 Å². The van der Waals surface area contributed by atoms with Crippen molar-refractivity contribution in [3.8, 4) is 0 Å². The van der Waals surface area contributed by atoms with E-state index in [0.29, 0.717) is 22.9 Å². The average molecular weight is 312 g/mol. The average Bonchev–Trinajstić information content (AvgIpc) is 2.53. The van der Waals surface area contributed by atoms with Crippen LogP contribution in [0.2, 0.25) is 0 Å². The molecule has 2 aromatic carbocycles. The highest BCUT2D eigenvalue weighted by molar-refractivity contribution is 8.18. The van der Waals surface area contributed by atoms with Gasteiger partial charge in [-0.1, -0.05) is 24.3 Å². The quantitative estimate of drug-likeness (QED) is 0.849. The molecule has 1 aliphatic carbocycles. The number of hydrogen-bond donors (Lipinski definition) is 0. The van der Waals surface area contributed by atoms with Crippen LogP contribution in [0.15, 0.2) is 59.5 Å². The van der Waals surface area contributed by atoms with Crippen molar-refractivity contribution in [2.45, 2.75) is 0 Å². The smallest absolute Gasteiger partial charge is 0.224 e. The number of Topliss-reactive ketones (excluding diaryl/α,β-unsaturated/α-hetero) is 1. The molecule has 2 aromatic rings. The Morgan fingerprint density at radius 3 is 2.23 bits per heavy atom. The zero-order valence-electron chi connectivity index (χ0n) is 11.2. The molecule has 0 N–H and O–H groups in total. The Hall–Kier alpha value is -2.53. The third-order valence-corrected chi connectivity index (χ3v) is 4.15. The zero-order chi connectivity index (χ0) is 15.7. The first-order valence-corrected chi connectivity index (χ1v) is 7.25. The number of allylic oxidation sites excluding steroid dienone is 2. The van der Waals surface area contributed by atoms with Gasteiger partial charge >= 0.3 is 0 Å². The summed E-state index contributed by atoms with van der Waals surface area (Å²) in [5.74, 6) is -1.10. The summed E-state index contributed by atoms with van der Waals surface area (Å²) in [4.78, 5) is 36.5. The normalized spacial score (nSPS) is 13.6. The van der Waals surface area contributed by atoms with Gasteiger partial charge < -0.3 is 0 Å². The van der Waals surface area contributed by atoms with E-state index in [1.165, 1.54) is 30.3 Å². The summed E-state index contributed by atoms with van der Waals surface area (Å²) in [6, 6.07) is 11.5.